The molecule has 1 atom stereocenters. The Morgan fingerprint density at radius 1 is 1.64 bits per heavy atom. The molecule has 1 heterocycles. The molecule has 0 amide bonds. The van der Waals surface area contributed by atoms with Gasteiger partial charge in [0.05, 0.1) is 6.10 Å². The average molecular weight is 158 g/mol. The zero-order valence-electron chi connectivity index (χ0n) is 7.00. The fourth-order valence-electron chi connectivity index (χ4n) is 1.07. The van der Waals surface area contributed by atoms with E-state index in [4.69, 9.17) is 9.47 Å². The third-order valence-electron chi connectivity index (χ3n) is 1.54. The van der Waals surface area contributed by atoms with Crippen molar-refractivity contribution in [2.75, 3.05) is 6.61 Å². The molecule has 0 saturated carbocycles. The molecule has 1 aliphatic rings. The van der Waals surface area contributed by atoms with Crippen molar-refractivity contribution in [1.82, 2.24) is 0 Å². The molecule has 1 aliphatic heterocycles. The molecule has 3 nitrogen and oxygen atoms in total. The zero-order valence-corrected chi connectivity index (χ0v) is 7.00. The number of ether oxygens (including phenoxy) is 2. The second-order valence-electron chi connectivity index (χ2n) is 2.99. The summed E-state index contributed by atoms with van der Waals surface area (Å²) < 4.78 is 10.1. The normalized spacial score (nSPS) is 24.1. The summed E-state index contributed by atoms with van der Waals surface area (Å²) in [6, 6.07) is 0. The van der Waals surface area contributed by atoms with Crippen molar-refractivity contribution in [1.29, 1.82) is 0 Å². The lowest BCUT2D eigenvalue weighted by Gasteiger charge is -2.11. The molecule has 0 bridgehead atoms. The Kier molecular flexibility index (Phi) is 2.88. The highest BCUT2D eigenvalue weighted by atomic mass is 16.6. The van der Waals surface area contributed by atoms with Crippen LogP contribution >= 0.6 is 0 Å². The van der Waals surface area contributed by atoms with E-state index >= 15 is 0 Å². The predicted molar refractivity (Wildman–Crippen MR) is 40.2 cm³/mol. The van der Waals surface area contributed by atoms with Gasteiger partial charge in [0, 0.05) is 6.61 Å². The highest BCUT2D eigenvalue weighted by molar-refractivity contribution is 5.75. The summed E-state index contributed by atoms with van der Waals surface area (Å²) >= 11 is 0. The quantitative estimate of drug-likeness (QED) is 0.565. The van der Waals surface area contributed by atoms with Gasteiger partial charge in [0.1, 0.15) is 0 Å². The third-order valence-corrected chi connectivity index (χ3v) is 1.54. The molecule has 0 spiro atoms. The Balaban J connectivity index is 2.28. The first kappa shape index (κ1) is 8.53. The highest BCUT2D eigenvalue weighted by Crippen LogP contribution is 2.13. The van der Waals surface area contributed by atoms with Crippen LogP contribution in [0.15, 0.2) is 0 Å². The van der Waals surface area contributed by atoms with Crippen LogP contribution in [-0.2, 0) is 14.3 Å². The molecule has 0 aromatic heterocycles. The van der Waals surface area contributed by atoms with Crippen molar-refractivity contribution in [2.45, 2.75) is 38.9 Å². The standard InChI is InChI=1S/C8H14O3/c1-6(2)11-8(9)7-4-3-5-10-7/h6-7H,3-5H2,1-2H3. The van der Waals surface area contributed by atoms with E-state index in [0.717, 1.165) is 12.8 Å². The summed E-state index contributed by atoms with van der Waals surface area (Å²) in [4.78, 5) is 11.1. The maximum absolute atomic E-state index is 11.1. The summed E-state index contributed by atoms with van der Waals surface area (Å²) in [6.07, 6.45) is 1.45. The topological polar surface area (TPSA) is 35.5 Å². The molecule has 1 saturated heterocycles. The zero-order chi connectivity index (χ0) is 8.27. The highest BCUT2D eigenvalue weighted by Gasteiger charge is 2.25. The van der Waals surface area contributed by atoms with Gasteiger partial charge in [-0.3, -0.25) is 0 Å². The molecule has 0 aliphatic carbocycles. The van der Waals surface area contributed by atoms with Crippen molar-refractivity contribution >= 4 is 5.97 Å². The summed E-state index contributed by atoms with van der Waals surface area (Å²) in [5.74, 6) is -0.211. The number of esters is 1. The van der Waals surface area contributed by atoms with Crippen molar-refractivity contribution in [3.63, 3.8) is 0 Å². The van der Waals surface area contributed by atoms with Crippen LogP contribution in [0, 0.1) is 0 Å². The summed E-state index contributed by atoms with van der Waals surface area (Å²) in [5.41, 5.74) is 0. The number of carbonyl (C=O) groups is 1. The number of hydrogen-bond donors (Lipinski definition) is 0. The Hall–Kier alpha value is -0.570. The molecule has 11 heavy (non-hydrogen) atoms. The van der Waals surface area contributed by atoms with E-state index < -0.39 is 0 Å². The Labute approximate surface area is 66.7 Å². The van der Waals surface area contributed by atoms with Gasteiger partial charge >= 0.3 is 5.97 Å². The van der Waals surface area contributed by atoms with Crippen molar-refractivity contribution in [3.05, 3.63) is 0 Å². The first-order valence-corrected chi connectivity index (χ1v) is 4.02. The first-order chi connectivity index (χ1) is 5.20. The monoisotopic (exact) mass is 158 g/mol. The van der Waals surface area contributed by atoms with Gasteiger partial charge in [-0.05, 0) is 26.7 Å². The minimum Gasteiger partial charge on any atom is -0.461 e. The minimum absolute atomic E-state index is 0.0355. The van der Waals surface area contributed by atoms with Crippen molar-refractivity contribution in [3.8, 4) is 0 Å². The Morgan fingerprint density at radius 2 is 2.36 bits per heavy atom. The maximum atomic E-state index is 11.1. The minimum atomic E-state index is -0.294. The van der Waals surface area contributed by atoms with Crippen LogP contribution in [0.5, 0.6) is 0 Å². The van der Waals surface area contributed by atoms with E-state index in [0.29, 0.717) is 6.61 Å². The van der Waals surface area contributed by atoms with Crippen LogP contribution in [0.3, 0.4) is 0 Å². The van der Waals surface area contributed by atoms with Crippen LogP contribution in [0.4, 0.5) is 0 Å². The molecule has 1 unspecified atom stereocenters. The van der Waals surface area contributed by atoms with Gasteiger partial charge in [0.15, 0.2) is 6.10 Å². The number of rotatable bonds is 2. The molecule has 64 valence electrons. The van der Waals surface area contributed by atoms with E-state index in [-0.39, 0.29) is 18.2 Å². The van der Waals surface area contributed by atoms with Crippen LogP contribution < -0.4 is 0 Å². The van der Waals surface area contributed by atoms with Crippen LogP contribution in [-0.4, -0.2) is 24.8 Å². The van der Waals surface area contributed by atoms with Crippen molar-refractivity contribution in [2.24, 2.45) is 0 Å². The van der Waals surface area contributed by atoms with Crippen LogP contribution in [0.2, 0.25) is 0 Å². The largest absolute Gasteiger partial charge is 0.461 e. The molecule has 3 heteroatoms. The van der Waals surface area contributed by atoms with Crippen molar-refractivity contribution < 1.29 is 14.3 Å². The number of carbonyl (C=O) groups excluding carboxylic acids is 1. The lowest BCUT2D eigenvalue weighted by molar-refractivity contribution is -0.158. The Bertz CT molecular complexity index is 136. The average Bonchev–Trinajstić information content (AvgIpc) is 2.35. The van der Waals surface area contributed by atoms with E-state index in [1.807, 2.05) is 13.8 Å². The van der Waals surface area contributed by atoms with Crippen LogP contribution in [0.1, 0.15) is 26.7 Å². The molecule has 1 fully saturated rings. The molecule has 0 aromatic rings. The maximum Gasteiger partial charge on any atom is 0.335 e. The van der Waals surface area contributed by atoms with Crippen LogP contribution in [0.25, 0.3) is 0 Å². The summed E-state index contributed by atoms with van der Waals surface area (Å²) in [6.45, 7) is 4.37. The first-order valence-electron chi connectivity index (χ1n) is 4.02. The van der Waals surface area contributed by atoms with E-state index in [2.05, 4.69) is 0 Å². The van der Waals surface area contributed by atoms with Gasteiger partial charge in [-0.2, -0.15) is 0 Å². The number of hydrogen-bond acceptors (Lipinski definition) is 3. The predicted octanol–water partition coefficient (Wildman–Crippen LogP) is 1.12. The lowest BCUT2D eigenvalue weighted by Crippen LogP contribution is -2.24. The lowest BCUT2D eigenvalue weighted by atomic mass is 10.2. The molecular weight excluding hydrogens is 144 g/mol. The van der Waals surface area contributed by atoms with Gasteiger partial charge < -0.3 is 9.47 Å². The molecular formula is C8H14O3. The smallest absolute Gasteiger partial charge is 0.335 e. The third kappa shape index (κ3) is 2.50. The van der Waals surface area contributed by atoms with Gasteiger partial charge in [-0.15, -0.1) is 0 Å². The van der Waals surface area contributed by atoms with Gasteiger partial charge in [0.25, 0.3) is 0 Å². The van der Waals surface area contributed by atoms with E-state index in [1.54, 1.807) is 0 Å². The van der Waals surface area contributed by atoms with Gasteiger partial charge in [-0.1, -0.05) is 0 Å². The second kappa shape index (κ2) is 3.72. The molecule has 0 aromatic carbocycles. The summed E-state index contributed by atoms with van der Waals surface area (Å²) in [5, 5.41) is 0. The van der Waals surface area contributed by atoms with E-state index in [9.17, 15) is 4.79 Å². The Morgan fingerprint density at radius 3 is 2.82 bits per heavy atom. The molecule has 0 radical (unpaired) electrons. The summed E-state index contributed by atoms with van der Waals surface area (Å²) in [7, 11) is 0. The van der Waals surface area contributed by atoms with Gasteiger partial charge in [0.2, 0.25) is 0 Å². The van der Waals surface area contributed by atoms with Gasteiger partial charge in [-0.25, -0.2) is 4.79 Å². The molecule has 0 N–H and O–H groups in total. The van der Waals surface area contributed by atoms with E-state index in [1.165, 1.54) is 0 Å². The fraction of sp³-hybridized carbons (Fsp3) is 0.875. The SMILES string of the molecule is CC(C)OC(=O)C1CCCO1. The second-order valence-corrected chi connectivity index (χ2v) is 2.99. The molecule has 1 rings (SSSR count). The fourth-order valence-corrected chi connectivity index (χ4v) is 1.07.